The van der Waals surface area contributed by atoms with Crippen molar-refractivity contribution in [1.82, 2.24) is 4.90 Å². The smallest absolute Gasteiger partial charge is 0.416 e. The van der Waals surface area contributed by atoms with Gasteiger partial charge in [0.05, 0.1) is 22.0 Å². The van der Waals surface area contributed by atoms with Crippen molar-refractivity contribution in [3.63, 3.8) is 0 Å². The van der Waals surface area contributed by atoms with Crippen molar-refractivity contribution in [3.8, 4) is 11.5 Å². The monoisotopic (exact) mass is 496 g/mol. The van der Waals surface area contributed by atoms with Gasteiger partial charge in [-0.15, -0.1) is 0 Å². The van der Waals surface area contributed by atoms with Crippen LogP contribution >= 0.6 is 11.8 Å². The number of hydrogen-bond donors (Lipinski definition) is 0. The van der Waals surface area contributed by atoms with E-state index in [1.54, 1.807) is 13.0 Å². The summed E-state index contributed by atoms with van der Waals surface area (Å²) in [7, 11) is 0. The molecule has 0 atom stereocenters. The van der Waals surface area contributed by atoms with Gasteiger partial charge in [0.1, 0.15) is 12.3 Å². The Bertz CT molecular complexity index is 1200. The zero-order chi connectivity index (χ0) is 25.0. The Hall–Kier alpha value is -3.87. The molecule has 0 N–H and O–H groups in total. The topological polar surface area (TPSA) is 116 Å². The SMILES string of the molecule is CCOC(=O)CN1C(=O)S/C(=C\c2ccccc2Oc2ccc(C(F)(F)F)cc2[N+](=O)[O-])C1=O. The number of hydrogen-bond acceptors (Lipinski definition) is 8. The molecule has 1 aliphatic rings. The second-order valence-corrected chi connectivity index (χ2v) is 7.64. The summed E-state index contributed by atoms with van der Waals surface area (Å²) in [5.74, 6) is -1.97. The summed E-state index contributed by atoms with van der Waals surface area (Å²) >= 11 is 0.566. The highest BCUT2D eigenvalue weighted by atomic mass is 32.2. The van der Waals surface area contributed by atoms with Gasteiger partial charge in [-0.1, -0.05) is 18.2 Å². The van der Waals surface area contributed by atoms with Crippen LogP contribution in [0.3, 0.4) is 0 Å². The standard InChI is InChI=1S/C21H15F3N2O7S/c1-2-32-18(27)11-25-19(28)17(34-20(25)29)9-12-5-3-4-6-15(12)33-16-8-7-13(21(22,23)24)10-14(16)26(30)31/h3-10H,2,11H2,1H3/b17-9-. The van der Waals surface area contributed by atoms with Gasteiger partial charge in [-0.25, -0.2) is 0 Å². The molecule has 0 aromatic heterocycles. The van der Waals surface area contributed by atoms with Crippen LogP contribution in [0.2, 0.25) is 0 Å². The van der Waals surface area contributed by atoms with Crippen molar-refractivity contribution in [2.24, 2.45) is 0 Å². The molecule has 0 saturated carbocycles. The summed E-state index contributed by atoms with van der Waals surface area (Å²) in [5.41, 5.74) is -1.90. The van der Waals surface area contributed by atoms with E-state index in [0.29, 0.717) is 28.8 Å². The second kappa shape index (κ2) is 9.95. The van der Waals surface area contributed by atoms with Crippen LogP contribution < -0.4 is 4.74 Å². The van der Waals surface area contributed by atoms with Crippen molar-refractivity contribution in [2.45, 2.75) is 13.1 Å². The fourth-order valence-corrected chi connectivity index (χ4v) is 3.68. The average molecular weight is 496 g/mol. The molecule has 9 nitrogen and oxygen atoms in total. The van der Waals surface area contributed by atoms with Crippen LogP contribution in [0.4, 0.5) is 23.7 Å². The molecule has 0 radical (unpaired) electrons. The van der Waals surface area contributed by atoms with Crippen LogP contribution in [-0.2, 0) is 20.5 Å². The number of halogens is 3. The number of ether oxygens (including phenoxy) is 2. The van der Waals surface area contributed by atoms with Crippen LogP contribution in [0.1, 0.15) is 18.1 Å². The summed E-state index contributed by atoms with van der Waals surface area (Å²) in [6.45, 7) is 1.08. The maximum absolute atomic E-state index is 12.9. The number of thioether (sulfide) groups is 1. The van der Waals surface area contributed by atoms with E-state index in [1.165, 1.54) is 24.3 Å². The highest BCUT2D eigenvalue weighted by Crippen LogP contribution is 2.39. The van der Waals surface area contributed by atoms with Gasteiger partial charge in [0.25, 0.3) is 11.1 Å². The van der Waals surface area contributed by atoms with E-state index in [1.807, 2.05) is 0 Å². The first-order valence-electron chi connectivity index (χ1n) is 9.54. The van der Waals surface area contributed by atoms with E-state index in [0.717, 1.165) is 6.07 Å². The molecular weight excluding hydrogens is 481 g/mol. The van der Waals surface area contributed by atoms with Gasteiger partial charge in [0.2, 0.25) is 5.75 Å². The largest absolute Gasteiger partial charge is 0.465 e. The first kappa shape index (κ1) is 24.8. The normalized spacial score (nSPS) is 15.1. The molecule has 2 amide bonds. The molecular formula is C21H15F3N2O7S. The molecule has 0 spiro atoms. The van der Waals surface area contributed by atoms with Gasteiger partial charge < -0.3 is 9.47 Å². The molecule has 3 rings (SSSR count). The third-order valence-corrected chi connectivity index (χ3v) is 5.28. The summed E-state index contributed by atoms with van der Waals surface area (Å²) < 4.78 is 49.1. The minimum absolute atomic E-state index is 0.0115. The fourth-order valence-electron chi connectivity index (χ4n) is 2.85. The molecule has 0 bridgehead atoms. The number of alkyl halides is 3. The lowest BCUT2D eigenvalue weighted by Gasteiger charge is -2.12. The summed E-state index contributed by atoms with van der Waals surface area (Å²) in [6.07, 6.45) is -3.51. The number of imide groups is 1. The predicted octanol–water partition coefficient (Wildman–Crippen LogP) is 5.01. The van der Waals surface area contributed by atoms with E-state index >= 15 is 0 Å². The molecule has 1 aliphatic heterocycles. The number of nitrogens with zero attached hydrogens (tertiary/aromatic N) is 2. The third kappa shape index (κ3) is 5.54. The van der Waals surface area contributed by atoms with Crippen molar-refractivity contribution in [1.29, 1.82) is 0 Å². The number of carbonyl (C=O) groups excluding carboxylic acids is 3. The Balaban J connectivity index is 1.91. The van der Waals surface area contributed by atoms with Crippen molar-refractivity contribution >= 4 is 40.6 Å². The van der Waals surface area contributed by atoms with Gasteiger partial charge in [0.15, 0.2) is 0 Å². The lowest BCUT2D eigenvalue weighted by atomic mass is 10.1. The van der Waals surface area contributed by atoms with Crippen LogP contribution in [0.15, 0.2) is 47.4 Å². The number of nitro groups is 1. The molecule has 2 aromatic carbocycles. The molecule has 1 saturated heterocycles. The molecule has 34 heavy (non-hydrogen) atoms. The second-order valence-electron chi connectivity index (χ2n) is 6.65. The third-order valence-electron chi connectivity index (χ3n) is 4.37. The van der Waals surface area contributed by atoms with Crippen molar-refractivity contribution < 1.29 is 42.0 Å². The number of nitro benzene ring substituents is 1. The predicted molar refractivity (Wildman–Crippen MR) is 114 cm³/mol. The lowest BCUT2D eigenvalue weighted by molar-refractivity contribution is -0.385. The first-order chi connectivity index (χ1) is 16.0. The summed E-state index contributed by atoms with van der Waals surface area (Å²) in [6, 6.07) is 7.76. The zero-order valence-corrected chi connectivity index (χ0v) is 18.1. The summed E-state index contributed by atoms with van der Waals surface area (Å²) in [4.78, 5) is 47.3. The van der Waals surface area contributed by atoms with Gasteiger partial charge in [-0.2, -0.15) is 13.2 Å². The van der Waals surface area contributed by atoms with Gasteiger partial charge in [0, 0.05) is 11.6 Å². The van der Waals surface area contributed by atoms with Crippen LogP contribution in [0.25, 0.3) is 6.08 Å². The number of para-hydroxylation sites is 1. The highest BCUT2D eigenvalue weighted by molar-refractivity contribution is 8.18. The highest BCUT2D eigenvalue weighted by Gasteiger charge is 2.37. The molecule has 1 heterocycles. The van der Waals surface area contributed by atoms with Gasteiger partial charge >= 0.3 is 17.8 Å². The Labute approximate surface area is 194 Å². The van der Waals surface area contributed by atoms with Crippen LogP contribution in [0, 0.1) is 10.1 Å². The Morgan fingerprint density at radius 1 is 1.18 bits per heavy atom. The van der Waals surface area contributed by atoms with E-state index in [4.69, 9.17) is 9.47 Å². The molecule has 1 fully saturated rings. The summed E-state index contributed by atoms with van der Waals surface area (Å²) in [5, 5.41) is 10.6. The average Bonchev–Trinajstić information content (AvgIpc) is 3.02. The Morgan fingerprint density at radius 3 is 2.53 bits per heavy atom. The Morgan fingerprint density at radius 2 is 1.88 bits per heavy atom. The molecule has 0 unspecified atom stereocenters. The Kier molecular flexibility index (Phi) is 7.25. The van der Waals surface area contributed by atoms with Gasteiger partial charge in [-0.05, 0) is 43.0 Å². The molecule has 13 heteroatoms. The van der Waals surface area contributed by atoms with E-state index < -0.39 is 51.8 Å². The number of amides is 2. The van der Waals surface area contributed by atoms with E-state index in [-0.39, 0.29) is 22.8 Å². The molecule has 2 aromatic rings. The lowest BCUT2D eigenvalue weighted by Crippen LogP contribution is -2.34. The minimum Gasteiger partial charge on any atom is -0.465 e. The minimum atomic E-state index is -4.78. The van der Waals surface area contributed by atoms with Crippen LogP contribution in [-0.4, -0.2) is 40.1 Å². The van der Waals surface area contributed by atoms with Crippen LogP contribution in [0.5, 0.6) is 11.5 Å². The number of carbonyl (C=O) groups is 3. The number of benzene rings is 2. The maximum atomic E-state index is 12.9. The number of rotatable bonds is 7. The molecule has 0 aliphatic carbocycles. The number of esters is 1. The first-order valence-corrected chi connectivity index (χ1v) is 10.4. The van der Waals surface area contributed by atoms with E-state index in [2.05, 4.69) is 0 Å². The van der Waals surface area contributed by atoms with Gasteiger partial charge in [-0.3, -0.25) is 29.4 Å². The molecule has 178 valence electrons. The van der Waals surface area contributed by atoms with E-state index in [9.17, 15) is 37.7 Å². The quantitative estimate of drug-likeness (QED) is 0.227. The maximum Gasteiger partial charge on any atom is 0.416 e. The fraction of sp³-hybridized carbons (Fsp3) is 0.190. The zero-order valence-electron chi connectivity index (χ0n) is 17.3. The van der Waals surface area contributed by atoms with Crippen molar-refractivity contribution in [2.75, 3.05) is 13.2 Å². The van der Waals surface area contributed by atoms with Crippen molar-refractivity contribution in [3.05, 3.63) is 68.6 Å².